The molecule has 4 nitrogen and oxygen atoms in total. The summed E-state index contributed by atoms with van der Waals surface area (Å²) in [5.41, 5.74) is 2.34. The first-order valence-electron chi connectivity index (χ1n) is 9.17. The highest BCUT2D eigenvalue weighted by Gasteiger charge is 2.25. The zero-order valence-corrected chi connectivity index (χ0v) is 18.3. The summed E-state index contributed by atoms with van der Waals surface area (Å²) >= 11 is 1.68. The van der Waals surface area contributed by atoms with E-state index in [1.165, 1.54) is 0 Å². The second kappa shape index (κ2) is 6.82. The van der Waals surface area contributed by atoms with Crippen LogP contribution in [0.15, 0.2) is 22.7 Å². The number of imidazole rings is 2. The minimum absolute atomic E-state index is 0.0412. The van der Waals surface area contributed by atoms with E-state index in [0.717, 1.165) is 21.7 Å². The topological polar surface area (TPSA) is 35.6 Å². The fraction of sp³-hybridized carbons (Fsp3) is 0.700. The van der Waals surface area contributed by atoms with Gasteiger partial charge in [-0.3, -0.25) is 0 Å². The summed E-state index contributed by atoms with van der Waals surface area (Å²) in [7, 11) is 0. The SMILES string of the molecule is CC(C)n1cc(C(C)(C)C)nc1Sc1nc(C(C)(C)C)cn1C(C)C. The van der Waals surface area contributed by atoms with Crippen LogP contribution in [0.25, 0.3) is 0 Å². The molecule has 0 fully saturated rings. The molecule has 0 aliphatic rings. The summed E-state index contributed by atoms with van der Waals surface area (Å²) in [5, 5.41) is 2.04. The fourth-order valence-corrected chi connectivity index (χ4v) is 3.64. The van der Waals surface area contributed by atoms with E-state index in [4.69, 9.17) is 9.97 Å². The second-order valence-electron chi connectivity index (χ2n) is 9.42. The molecule has 0 unspecified atom stereocenters. The molecule has 25 heavy (non-hydrogen) atoms. The standard InChI is InChI=1S/C20H34N4S/c1-13(2)23-11-15(19(5,6)7)21-17(23)25-18-22-16(20(8,9)10)12-24(18)14(3)4/h11-14H,1-10H3. The van der Waals surface area contributed by atoms with Crippen LogP contribution in [0.3, 0.4) is 0 Å². The number of rotatable bonds is 4. The lowest BCUT2D eigenvalue weighted by molar-refractivity contribution is 0.537. The molecular formula is C20H34N4S. The molecule has 0 saturated carbocycles. The van der Waals surface area contributed by atoms with Crippen LogP contribution in [-0.4, -0.2) is 19.1 Å². The fourth-order valence-electron chi connectivity index (χ4n) is 2.45. The van der Waals surface area contributed by atoms with Crippen molar-refractivity contribution in [2.45, 2.75) is 102 Å². The Labute approximate surface area is 157 Å². The van der Waals surface area contributed by atoms with Gasteiger partial charge in [-0.15, -0.1) is 0 Å². The minimum Gasteiger partial charge on any atom is -0.323 e. The van der Waals surface area contributed by atoms with E-state index in [2.05, 4.69) is 90.8 Å². The van der Waals surface area contributed by atoms with Crippen LogP contribution in [0.1, 0.15) is 92.7 Å². The van der Waals surface area contributed by atoms with E-state index in [-0.39, 0.29) is 10.8 Å². The van der Waals surface area contributed by atoms with Gasteiger partial charge in [-0.05, 0) is 39.5 Å². The van der Waals surface area contributed by atoms with Gasteiger partial charge in [0.15, 0.2) is 10.3 Å². The predicted molar refractivity (Wildman–Crippen MR) is 107 cm³/mol. The van der Waals surface area contributed by atoms with Crippen LogP contribution in [-0.2, 0) is 10.8 Å². The van der Waals surface area contributed by atoms with Gasteiger partial charge in [-0.2, -0.15) is 0 Å². The third kappa shape index (κ3) is 4.49. The molecule has 5 heteroatoms. The first kappa shape index (κ1) is 20.1. The smallest absolute Gasteiger partial charge is 0.176 e. The Balaban J connectivity index is 2.49. The van der Waals surface area contributed by atoms with Crippen LogP contribution in [0.2, 0.25) is 0 Å². The first-order chi connectivity index (χ1) is 11.3. The van der Waals surface area contributed by atoms with Crippen molar-refractivity contribution >= 4 is 11.8 Å². The highest BCUT2D eigenvalue weighted by molar-refractivity contribution is 7.99. The summed E-state index contributed by atoms with van der Waals surface area (Å²) in [6.45, 7) is 22.1. The summed E-state index contributed by atoms with van der Waals surface area (Å²) in [6, 6.07) is 0.742. The molecule has 0 bridgehead atoms. The van der Waals surface area contributed by atoms with Crippen molar-refractivity contribution in [3.63, 3.8) is 0 Å². The lowest BCUT2D eigenvalue weighted by atomic mass is 9.93. The monoisotopic (exact) mass is 362 g/mol. The molecule has 0 radical (unpaired) electrons. The van der Waals surface area contributed by atoms with Gasteiger partial charge in [0.2, 0.25) is 0 Å². The van der Waals surface area contributed by atoms with Crippen molar-refractivity contribution in [1.82, 2.24) is 19.1 Å². The Morgan fingerprint density at radius 1 is 0.720 bits per heavy atom. The van der Waals surface area contributed by atoms with Crippen molar-refractivity contribution in [2.75, 3.05) is 0 Å². The predicted octanol–water partition coefficient (Wildman–Crippen LogP) is 5.99. The molecule has 0 aliphatic heterocycles. The summed E-state index contributed by atoms with van der Waals surface area (Å²) < 4.78 is 4.53. The Hall–Kier alpha value is -1.23. The van der Waals surface area contributed by atoms with Gasteiger partial charge in [0.1, 0.15) is 0 Å². The van der Waals surface area contributed by atoms with Gasteiger partial charge in [0, 0.05) is 35.3 Å². The largest absolute Gasteiger partial charge is 0.323 e. The Morgan fingerprint density at radius 2 is 1.04 bits per heavy atom. The molecule has 2 heterocycles. The molecule has 0 aromatic carbocycles. The average molecular weight is 363 g/mol. The summed E-state index contributed by atoms with van der Waals surface area (Å²) in [4.78, 5) is 9.88. The van der Waals surface area contributed by atoms with Crippen molar-refractivity contribution < 1.29 is 0 Å². The van der Waals surface area contributed by atoms with Crippen molar-refractivity contribution in [3.05, 3.63) is 23.8 Å². The Bertz CT molecular complexity index is 662. The lowest BCUT2D eigenvalue weighted by Crippen LogP contribution is -2.11. The van der Waals surface area contributed by atoms with Gasteiger partial charge in [-0.25, -0.2) is 9.97 Å². The molecule has 0 spiro atoms. The number of hydrogen-bond acceptors (Lipinski definition) is 3. The summed E-state index contributed by atoms with van der Waals surface area (Å²) in [6.07, 6.45) is 4.39. The number of hydrogen-bond donors (Lipinski definition) is 0. The molecule has 2 aromatic heterocycles. The van der Waals surface area contributed by atoms with E-state index in [0.29, 0.717) is 12.1 Å². The lowest BCUT2D eigenvalue weighted by Gasteiger charge is -2.14. The van der Waals surface area contributed by atoms with Crippen LogP contribution >= 0.6 is 11.8 Å². The quantitative estimate of drug-likeness (QED) is 0.670. The maximum absolute atomic E-state index is 4.94. The van der Waals surface area contributed by atoms with E-state index >= 15 is 0 Å². The van der Waals surface area contributed by atoms with E-state index in [1.807, 2.05) is 0 Å². The molecule has 2 rings (SSSR count). The van der Waals surface area contributed by atoms with E-state index in [1.54, 1.807) is 11.8 Å². The highest BCUT2D eigenvalue weighted by atomic mass is 32.2. The molecule has 0 amide bonds. The third-order valence-electron chi connectivity index (χ3n) is 4.23. The average Bonchev–Trinajstić information content (AvgIpc) is 3.01. The number of nitrogens with zero attached hydrogens (tertiary/aromatic N) is 4. The van der Waals surface area contributed by atoms with Crippen LogP contribution in [0.5, 0.6) is 0 Å². The molecule has 140 valence electrons. The third-order valence-corrected chi connectivity index (χ3v) is 5.20. The van der Waals surface area contributed by atoms with Crippen molar-refractivity contribution in [3.8, 4) is 0 Å². The molecular weight excluding hydrogens is 328 g/mol. The molecule has 0 N–H and O–H groups in total. The number of aromatic nitrogens is 4. The first-order valence-corrected chi connectivity index (χ1v) is 9.99. The van der Waals surface area contributed by atoms with Gasteiger partial charge in [-0.1, -0.05) is 41.5 Å². The van der Waals surface area contributed by atoms with Crippen molar-refractivity contribution in [2.24, 2.45) is 0 Å². The van der Waals surface area contributed by atoms with Gasteiger partial charge in [0.25, 0.3) is 0 Å². The van der Waals surface area contributed by atoms with E-state index < -0.39 is 0 Å². The van der Waals surface area contributed by atoms with Gasteiger partial charge < -0.3 is 9.13 Å². The normalized spacial score (nSPS) is 13.3. The molecule has 0 atom stereocenters. The Morgan fingerprint density at radius 3 is 1.28 bits per heavy atom. The molecule has 2 aromatic rings. The van der Waals surface area contributed by atoms with Crippen LogP contribution < -0.4 is 0 Å². The van der Waals surface area contributed by atoms with Gasteiger partial charge >= 0.3 is 0 Å². The molecule has 0 aliphatic carbocycles. The molecule has 0 saturated heterocycles. The Kier molecular flexibility index (Phi) is 5.48. The van der Waals surface area contributed by atoms with E-state index in [9.17, 15) is 0 Å². The zero-order valence-electron chi connectivity index (χ0n) is 17.5. The second-order valence-corrected chi connectivity index (χ2v) is 10.4. The van der Waals surface area contributed by atoms with Gasteiger partial charge in [0.05, 0.1) is 11.4 Å². The minimum atomic E-state index is 0.0412. The van der Waals surface area contributed by atoms with Crippen molar-refractivity contribution in [1.29, 1.82) is 0 Å². The van der Waals surface area contributed by atoms with Crippen LogP contribution in [0, 0.1) is 0 Å². The zero-order chi connectivity index (χ0) is 19.2. The van der Waals surface area contributed by atoms with Crippen LogP contribution in [0.4, 0.5) is 0 Å². The maximum Gasteiger partial charge on any atom is 0.176 e. The maximum atomic E-state index is 4.94. The highest BCUT2D eigenvalue weighted by Crippen LogP contribution is 2.34. The summed E-state index contributed by atoms with van der Waals surface area (Å²) in [5.74, 6) is 0.